The van der Waals surface area contributed by atoms with Gasteiger partial charge in [0.1, 0.15) is 0 Å². The second-order valence-electron chi connectivity index (χ2n) is 7.81. The van der Waals surface area contributed by atoms with Gasteiger partial charge in [0.05, 0.1) is 12.0 Å². The molecule has 3 rings (SSSR count). The van der Waals surface area contributed by atoms with Crippen LogP contribution in [0, 0.1) is 11.8 Å². The van der Waals surface area contributed by atoms with E-state index in [1.54, 1.807) is 0 Å². The van der Waals surface area contributed by atoms with E-state index in [0.717, 1.165) is 25.9 Å². The van der Waals surface area contributed by atoms with Crippen LogP contribution in [0.1, 0.15) is 45.4 Å². The maximum absolute atomic E-state index is 12.7. The second-order valence-corrected chi connectivity index (χ2v) is 7.81. The molecular formula is C17H29F3N4. The zero-order valence-electron chi connectivity index (χ0n) is 14.4. The molecule has 24 heavy (non-hydrogen) atoms. The van der Waals surface area contributed by atoms with E-state index in [1.807, 2.05) is 0 Å². The lowest BCUT2D eigenvalue weighted by Gasteiger charge is -2.45. The summed E-state index contributed by atoms with van der Waals surface area (Å²) in [5, 5.41) is 0. The maximum Gasteiger partial charge on any atom is 0.391 e. The second kappa shape index (κ2) is 7.10. The van der Waals surface area contributed by atoms with Crippen LogP contribution in [0.3, 0.4) is 0 Å². The normalized spacial score (nSPS) is 34.2. The number of halogens is 3. The summed E-state index contributed by atoms with van der Waals surface area (Å²) in [6.07, 6.45) is 0.728. The molecule has 2 heterocycles. The average Bonchev–Trinajstić information content (AvgIpc) is 2.49. The van der Waals surface area contributed by atoms with E-state index in [4.69, 9.17) is 5.73 Å². The standard InChI is InChI=1S/C17H29F3N4/c1-12-3-2-6-24(11-12)16(21)22-14-9-15(10-14)23-7-4-13(5-8-23)17(18,19)20/h12-15H,2-11H2,1H3,(H2,21,22). The minimum absolute atomic E-state index is 0.238. The summed E-state index contributed by atoms with van der Waals surface area (Å²) in [6, 6.07) is 0.633. The number of nitrogens with zero attached hydrogens (tertiary/aromatic N) is 3. The fourth-order valence-corrected chi connectivity index (χ4v) is 4.22. The number of rotatable bonds is 2. The molecule has 7 heteroatoms. The number of alkyl halides is 3. The third-order valence-corrected chi connectivity index (χ3v) is 5.89. The highest BCUT2D eigenvalue weighted by molar-refractivity contribution is 5.78. The van der Waals surface area contributed by atoms with Crippen LogP contribution in [0.4, 0.5) is 13.2 Å². The van der Waals surface area contributed by atoms with E-state index in [-0.39, 0.29) is 18.9 Å². The molecule has 1 aliphatic carbocycles. The third kappa shape index (κ3) is 4.16. The van der Waals surface area contributed by atoms with Crippen molar-refractivity contribution in [2.45, 2.75) is 63.7 Å². The van der Waals surface area contributed by atoms with Crippen LogP contribution in [-0.2, 0) is 0 Å². The van der Waals surface area contributed by atoms with Crippen molar-refractivity contribution in [2.24, 2.45) is 22.6 Å². The van der Waals surface area contributed by atoms with Gasteiger partial charge in [-0.05, 0) is 57.5 Å². The van der Waals surface area contributed by atoms with E-state index in [2.05, 4.69) is 21.7 Å². The van der Waals surface area contributed by atoms with Crippen molar-refractivity contribution in [2.75, 3.05) is 26.2 Å². The van der Waals surface area contributed by atoms with Gasteiger partial charge in [0.15, 0.2) is 5.96 Å². The summed E-state index contributed by atoms with van der Waals surface area (Å²) in [5.74, 6) is 0.205. The Kier molecular flexibility index (Phi) is 5.27. The average molecular weight is 346 g/mol. The zero-order chi connectivity index (χ0) is 17.3. The molecule has 0 aromatic heterocycles. The van der Waals surface area contributed by atoms with Crippen LogP contribution in [0.5, 0.6) is 0 Å². The van der Waals surface area contributed by atoms with E-state index < -0.39 is 12.1 Å². The molecule has 0 amide bonds. The van der Waals surface area contributed by atoms with Gasteiger partial charge in [0.25, 0.3) is 0 Å². The predicted octanol–water partition coefficient (Wildman–Crippen LogP) is 2.84. The molecular weight excluding hydrogens is 317 g/mol. The summed E-state index contributed by atoms with van der Waals surface area (Å²) in [6.45, 7) is 5.33. The van der Waals surface area contributed by atoms with E-state index in [1.165, 1.54) is 12.8 Å². The molecule has 0 bridgehead atoms. The third-order valence-electron chi connectivity index (χ3n) is 5.89. The number of hydrogen-bond acceptors (Lipinski definition) is 2. The highest BCUT2D eigenvalue weighted by Crippen LogP contribution is 2.37. The van der Waals surface area contributed by atoms with Crippen molar-refractivity contribution in [3.63, 3.8) is 0 Å². The fourth-order valence-electron chi connectivity index (χ4n) is 4.22. The van der Waals surface area contributed by atoms with Gasteiger partial charge in [-0.25, -0.2) is 4.99 Å². The Labute approximate surface area is 142 Å². The van der Waals surface area contributed by atoms with Crippen molar-refractivity contribution in [3.8, 4) is 0 Å². The van der Waals surface area contributed by atoms with Crippen LogP contribution in [0.2, 0.25) is 0 Å². The number of nitrogens with two attached hydrogens (primary N) is 1. The van der Waals surface area contributed by atoms with Gasteiger partial charge in [-0.1, -0.05) is 6.92 Å². The zero-order valence-corrected chi connectivity index (χ0v) is 14.4. The topological polar surface area (TPSA) is 44.9 Å². The Morgan fingerprint density at radius 2 is 1.75 bits per heavy atom. The summed E-state index contributed by atoms with van der Waals surface area (Å²) < 4.78 is 38.2. The minimum atomic E-state index is -4.03. The van der Waals surface area contributed by atoms with Gasteiger partial charge < -0.3 is 15.5 Å². The first kappa shape index (κ1) is 17.8. The van der Waals surface area contributed by atoms with Crippen molar-refractivity contribution >= 4 is 5.96 Å². The molecule has 0 spiro atoms. The molecule has 4 nitrogen and oxygen atoms in total. The first-order valence-corrected chi connectivity index (χ1v) is 9.22. The van der Waals surface area contributed by atoms with Crippen molar-refractivity contribution in [1.82, 2.24) is 9.80 Å². The lowest BCUT2D eigenvalue weighted by atomic mass is 9.83. The monoisotopic (exact) mass is 346 g/mol. The van der Waals surface area contributed by atoms with Gasteiger partial charge in [-0.2, -0.15) is 13.2 Å². The summed E-state index contributed by atoms with van der Waals surface area (Å²) >= 11 is 0. The van der Waals surface area contributed by atoms with Crippen LogP contribution in [0.15, 0.2) is 4.99 Å². The van der Waals surface area contributed by atoms with Crippen LogP contribution < -0.4 is 5.73 Å². The van der Waals surface area contributed by atoms with Crippen LogP contribution >= 0.6 is 0 Å². The summed E-state index contributed by atoms with van der Waals surface area (Å²) in [4.78, 5) is 9.05. The molecule has 1 unspecified atom stereocenters. The highest BCUT2D eigenvalue weighted by atomic mass is 19.4. The van der Waals surface area contributed by atoms with Gasteiger partial charge >= 0.3 is 6.18 Å². The predicted molar refractivity (Wildman–Crippen MR) is 88.8 cm³/mol. The van der Waals surface area contributed by atoms with Crippen molar-refractivity contribution in [1.29, 1.82) is 0 Å². The molecule has 2 aliphatic heterocycles. The summed E-state index contributed by atoms with van der Waals surface area (Å²) in [5.41, 5.74) is 6.15. The lowest BCUT2D eigenvalue weighted by molar-refractivity contribution is -0.187. The fraction of sp³-hybridized carbons (Fsp3) is 0.941. The van der Waals surface area contributed by atoms with Gasteiger partial charge in [-0.15, -0.1) is 0 Å². The highest BCUT2D eigenvalue weighted by Gasteiger charge is 2.43. The van der Waals surface area contributed by atoms with Gasteiger partial charge in [-0.3, -0.25) is 0 Å². The van der Waals surface area contributed by atoms with E-state index >= 15 is 0 Å². The van der Waals surface area contributed by atoms with Crippen LogP contribution in [0.25, 0.3) is 0 Å². The van der Waals surface area contributed by atoms with Crippen molar-refractivity contribution < 1.29 is 13.2 Å². The molecule has 2 N–H and O–H groups in total. The molecule has 3 aliphatic rings. The number of hydrogen-bond donors (Lipinski definition) is 1. The Morgan fingerprint density at radius 3 is 2.33 bits per heavy atom. The van der Waals surface area contributed by atoms with E-state index in [9.17, 15) is 13.2 Å². The molecule has 0 radical (unpaired) electrons. The molecule has 3 fully saturated rings. The molecule has 1 saturated carbocycles. The number of likely N-dealkylation sites (tertiary alicyclic amines) is 2. The van der Waals surface area contributed by atoms with Gasteiger partial charge in [0, 0.05) is 19.1 Å². The van der Waals surface area contributed by atoms with Crippen LogP contribution in [-0.4, -0.2) is 60.2 Å². The maximum atomic E-state index is 12.7. The minimum Gasteiger partial charge on any atom is -0.370 e. The SMILES string of the molecule is CC1CCCN(C(N)=NC2CC(N3CCC(C(F)(F)F)CC3)C2)C1. The first-order chi connectivity index (χ1) is 11.3. The molecule has 0 aromatic carbocycles. The molecule has 1 atom stereocenters. The lowest BCUT2D eigenvalue weighted by Crippen LogP contribution is -2.52. The number of guanidine groups is 1. The molecule has 138 valence electrons. The largest absolute Gasteiger partial charge is 0.391 e. The van der Waals surface area contributed by atoms with Gasteiger partial charge in [0.2, 0.25) is 0 Å². The number of aliphatic imine (C=N–C) groups is 1. The summed E-state index contributed by atoms with van der Waals surface area (Å²) in [7, 11) is 0. The number of piperidine rings is 2. The Bertz CT molecular complexity index is 451. The first-order valence-electron chi connectivity index (χ1n) is 9.22. The Morgan fingerprint density at radius 1 is 1.08 bits per heavy atom. The molecule has 2 saturated heterocycles. The Balaban J connectivity index is 1.42. The molecule has 0 aromatic rings. The van der Waals surface area contributed by atoms with Crippen molar-refractivity contribution in [3.05, 3.63) is 0 Å². The smallest absolute Gasteiger partial charge is 0.370 e. The quantitative estimate of drug-likeness (QED) is 0.618. The Hall–Kier alpha value is -0.980. The van der Waals surface area contributed by atoms with E-state index in [0.29, 0.717) is 31.0 Å².